The third kappa shape index (κ3) is 2.75. The van der Waals surface area contributed by atoms with Crippen molar-refractivity contribution in [3.05, 3.63) is 29.6 Å². The van der Waals surface area contributed by atoms with Gasteiger partial charge >= 0.3 is 0 Å². The second-order valence-corrected chi connectivity index (χ2v) is 5.65. The van der Waals surface area contributed by atoms with E-state index in [1.54, 1.807) is 6.07 Å². The predicted molar refractivity (Wildman–Crippen MR) is 71.1 cm³/mol. The fraction of sp³-hybridized carbons (Fsp3) is 0.538. The molecule has 0 radical (unpaired) electrons. The molecule has 2 rings (SSSR count). The van der Waals surface area contributed by atoms with Gasteiger partial charge in [0, 0.05) is 35.3 Å². The Morgan fingerprint density at radius 3 is 3.06 bits per heavy atom. The number of hydrogen-bond acceptors (Lipinski definition) is 3. The molecular formula is C13H18FNOS. The number of benzene rings is 1. The number of aliphatic hydroxyl groups excluding tert-OH is 1. The molecule has 1 aliphatic rings. The van der Waals surface area contributed by atoms with Crippen molar-refractivity contribution in [3.8, 4) is 0 Å². The molecule has 0 aliphatic carbocycles. The van der Waals surface area contributed by atoms with Crippen LogP contribution in [0.2, 0.25) is 0 Å². The summed E-state index contributed by atoms with van der Waals surface area (Å²) in [5.41, 5.74) is 1.28. The molecule has 0 amide bonds. The second kappa shape index (κ2) is 5.74. The molecule has 1 heterocycles. The van der Waals surface area contributed by atoms with Crippen LogP contribution in [0, 0.1) is 5.82 Å². The van der Waals surface area contributed by atoms with Crippen LogP contribution >= 0.6 is 11.8 Å². The molecule has 17 heavy (non-hydrogen) atoms. The summed E-state index contributed by atoms with van der Waals surface area (Å²) in [5, 5.41) is 9.89. The first-order valence-corrected chi connectivity index (χ1v) is 7.06. The lowest BCUT2D eigenvalue weighted by atomic mass is 10.1. The maximum Gasteiger partial charge on any atom is 0.130 e. The first-order valence-electron chi connectivity index (χ1n) is 6.01. The van der Waals surface area contributed by atoms with Crippen molar-refractivity contribution in [1.82, 2.24) is 0 Å². The van der Waals surface area contributed by atoms with E-state index in [0.717, 1.165) is 31.0 Å². The van der Waals surface area contributed by atoms with Gasteiger partial charge in [-0.3, -0.25) is 0 Å². The molecule has 1 aliphatic heterocycles. The zero-order chi connectivity index (χ0) is 12.3. The molecule has 0 saturated carbocycles. The van der Waals surface area contributed by atoms with Gasteiger partial charge in [0.2, 0.25) is 0 Å². The second-order valence-electron chi connectivity index (χ2n) is 4.24. The van der Waals surface area contributed by atoms with Crippen molar-refractivity contribution < 1.29 is 9.50 Å². The van der Waals surface area contributed by atoms with Gasteiger partial charge in [0.05, 0.1) is 6.61 Å². The van der Waals surface area contributed by atoms with Crippen LogP contribution in [-0.2, 0) is 6.61 Å². The molecule has 2 nitrogen and oxygen atoms in total. The van der Waals surface area contributed by atoms with Gasteiger partial charge in [-0.15, -0.1) is 0 Å². The zero-order valence-corrected chi connectivity index (χ0v) is 10.8. The van der Waals surface area contributed by atoms with Crippen molar-refractivity contribution >= 4 is 17.4 Å². The highest BCUT2D eigenvalue weighted by Crippen LogP contribution is 2.29. The van der Waals surface area contributed by atoms with E-state index in [2.05, 4.69) is 11.8 Å². The maximum absolute atomic E-state index is 13.6. The number of aliphatic hydroxyl groups is 1. The topological polar surface area (TPSA) is 23.5 Å². The Morgan fingerprint density at radius 1 is 1.53 bits per heavy atom. The molecule has 1 fully saturated rings. The molecule has 1 aromatic rings. The minimum Gasteiger partial charge on any atom is -0.391 e. The lowest BCUT2D eigenvalue weighted by Gasteiger charge is -2.34. The van der Waals surface area contributed by atoms with Crippen LogP contribution in [-0.4, -0.2) is 29.2 Å². The average molecular weight is 255 g/mol. The largest absolute Gasteiger partial charge is 0.391 e. The Balaban J connectivity index is 2.24. The molecule has 0 aromatic heterocycles. The summed E-state index contributed by atoms with van der Waals surface area (Å²) >= 11 is 1.98. The van der Waals surface area contributed by atoms with E-state index in [9.17, 15) is 9.50 Å². The lowest BCUT2D eigenvalue weighted by Crippen LogP contribution is -2.38. The number of anilines is 1. The van der Waals surface area contributed by atoms with Crippen LogP contribution in [0.15, 0.2) is 18.2 Å². The van der Waals surface area contributed by atoms with Crippen LogP contribution < -0.4 is 4.90 Å². The van der Waals surface area contributed by atoms with Crippen LogP contribution in [0.25, 0.3) is 0 Å². The minimum atomic E-state index is -0.309. The van der Waals surface area contributed by atoms with Gasteiger partial charge in [0.25, 0.3) is 0 Å². The number of rotatable bonds is 3. The molecule has 1 saturated heterocycles. The monoisotopic (exact) mass is 255 g/mol. The first-order chi connectivity index (χ1) is 8.26. The highest BCUT2D eigenvalue weighted by Gasteiger charge is 2.21. The summed E-state index contributed by atoms with van der Waals surface area (Å²) in [6.45, 7) is 3.82. The Bertz CT molecular complexity index is 386. The standard InChI is InChI=1S/C13H18FNOS/c1-2-10-8-15(6-7-17-10)13-5-3-4-12(14)11(13)9-16/h3-5,10,16H,2,6-9H2,1H3. The van der Waals surface area contributed by atoms with Crippen LogP contribution in [0.1, 0.15) is 18.9 Å². The van der Waals surface area contributed by atoms with Gasteiger partial charge < -0.3 is 10.0 Å². The number of thioether (sulfide) groups is 1. The van der Waals surface area contributed by atoms with E-state index in [4.69, 9.17) is 0 Å². The maximum atomic E-state index is 13.6. The van der Waals surface area contributed by atoms with Crippen molar-refractivity contribution in [2.45, 2.75) is 25.2 Å². The molecule has 1 unspecified atom stereocenters. The van der Waals surface area contributed by atoms with Crippen molar-refractivity contribution in [3.63, 3.8) is 0 Å². The minimum absolute atomic E-state index is 0.234. The SMILES string of the molecule is CCC1CN(c2cccc(F)c2CO)CCS1. The van der Waals surface area contributed by atoms with Crippen molar-refractivity contribution in [1.29, 1.82) is 0 Å². The number of hydrogen-bond donors (Lipinski definition) is 1. The van der Waals surface area contributed by atoms with Gasteiger partial charge in [-0.05, 0) is 18.6 Å². The highest BCUT2D eigenvalue weighted by atomic mass is 32.2. The summed E-state index contributed by atoms with van der Waals surface area (Å²) in [4.78, 5) is 2.19. The summed E-state index contributed by atoms with van der Waals surface area (Å²) in [5.74, 6) is 0.760. The van der Waals surface area contributed by atoms with Gasteiger partial charge in [0.1, 0.15) is 5.82 Å². The average Bonchev–Trinajstić information content (AvgIpc) is 2.38. The third-order valence-corrected chi connectivity index (χ3v) is 4.56. The molecular weight excluding hydrogens is 237 g/mol. The van der Waals surface area contributed by atoms with Gasteiger partial charge in [0.15, 0.2) is 0 Å². The fourth-order valence-corrected chi connectivity index (χ4v) is 3.37. The van der Waals surface area contributed by atoms with Gasteiger partial charge in [-0.1, -0.05) is 13.0 Å². The van der Waals surface area contributed by atoms with E-state index in [1.807, 2.05) is 17.8 Å². The normalized spacial score (nSPS) is 20.6. The van der Waals surface area contributed by atoms with E-state index >= 15 is 0 Å². The predicted octanol–water partition coefficient (Wildman–Crippen LogP) is 2.65. The smallest absolute Gasteiger partial charge is 0.130 e. The van der Waals surface area contributed by atoms with Crippen molar-refractivity contribution in [2.75, 3.05) is 23.7 Å². The molecule has 0 bridgehead atoms. The summed E-state index contributed by atoms with van der Waals surface area (Å²) < 4.78 is 13.6. The number of nitrogens with zero attached hydrogens (tertiary/aromatic N) is 1. The molecule has 1 aromatic carbocycles. The van der Waals surface area contributed by atoms with E-state index in [1.165, 1.54) is 6.07 Å². The molecule has 4 heteroatoms. The summed E-state index contributed by atoms with van der Waals surface area (Å²) in [7, 11) is 0. The summed E-state index contributed by atoms with van der Waals surface area (Å²) in [6, 6.07) is 5.02. The Labute approximate surface area is 106 Å². The lowest BCUT2D eigenvalue weighted by molar-refractivity contribution is 0.276. The fourth-order valence-electron chi connectivity index (χ4n) is 2.19. The quantitative estimate of drug-likeness (QED) is 0.898. The van der Waals surface area contributed by atoms with Crippen LogP contribution in [0.4, 0.5) is 10.1 Å². The Hall–Kier alpha value is -0.740. The van der Waals surface area contributed by atoms with Crippen LogP contribution in [0.3, 0.4) is 0 Å². The van der Waals surface area contributed by atoms with Crippen molar-refractivity contribution in [2.24, 2.45) is 0 Å². The third-order valence-electron chi connectivity index (χ3n) is 3.19. The summed E-state index contributed by atoms with van der Waals surface area (Å²) in [6.07, 6.45) is 1.13. The Kier molecular flexibility index (Phi) is 4.29. The number of halogens is 1. The van der Waals surface area contributed by atoms with Crippen LogP contribution in [0.5, 0.6) is 0 Å². The van der Waals surface area contributed by atoms with E-state index in [-0.39, 0.29) is 12.4 Å². The van der Waals surface area contributed by atoms with Gasteiger partial charge in [-0.2, -0.15) is 11.8 Å². The van der Waals surface area contributed by atoms with Gasteiger partial charge in [-0.25, -0.2) is 4.39 Å². The molecule has 94 valence electrons. The molecule has 1 N–H and O–H groups in total. The molecule has 0 spiro atoms. The van der Waals surface area contributed by atoms with E-state index < -0.39 is 0 Å². The Morgan fingerprint density at radius 2 is 2.35 bits per heavy atom. The van der Waals surface area contributed by atoms with E-state index in [0.29, 0.717) is 10.8 Å². The zero-order valence-electron chi connectivity index (χ0n) is 10.0. The molecule has 1 atom stereocenters. The first kappa shape index (κ1) is 12.7. The highest BCUT2D eigenvalue weighted by molar-refractivity contribution is 8.00.